The average molecular weight is 105 g/mol. The van der Waals surface area contributed by atoms with Crippen LogP contribution in [0.3, 0.4) is 0 Å². The minimum atomic E-state index is -2.25. The van der Waals surface area contributed by atoms with Crippen LogP contribution in [0.5, 0.6) is 0 Å². The molecular weight excluding hydrogens is 88.1 g/mol. The van der Waals surface area contributed by atoms with Gasteiger partial charge in [0.25, 0.3) is 0 Å². The molecular formula is C6H14O. The first-order valence-corrected chi connectivity index (χ1v) is 2.34. The molecule has 0 aromatic carbocycles. The smallest absolute Gasteiger partial charge is 0.0560 e. The fourth-order valence-corrected chi connectivity index (χ4v) is 0. The lowest BCUT2D eigenvalue weighted by molar-refractivity contribution is 0.0801. The topological polar surface area (TPSA) is 20.2 Å². The van der Waals surface area contributed by atoms with E-state index in [-0.39, 0.29) is 0 Å². The van der Waals surface area contributed by atoms with Crippen LogP contribution in [0, 0.1) is 5.41 Å². The van der Waals surface area contributed by atoms with Gasteiger partial charge < -0.3 is 5.11 Å². The molecule has 0 rings (SSSR count). The second kappa shape index (κ2) is 1.83. The Bertz CT molecular complexity index is 97.1. The molecule has 0 fully saturated rings. The van der Waals surface area contributed by atoms with Gasteiger partial charge in [0.1, 0.15) is 0 Å². The first-order chi connectivity index (χ1) is 4.15. The second-order valence-corrected chi connectivity index (χ2v) is 2.77. The zero-order valence-electron chi connectivity index (χ0n) is 8.02. The van der Waals surface area contributed by atoms with Crippen LogP contribution in [0.1, 0.15) is 31.7 Å². The summed E-state index contributed by atoms with van der Waals surface area (Å²) in [6.07, 6.45) is -1.24. The third-order valence-electron chi connectivity index (χ3n) is 0.820. The Morgan fingerprint density at radius 1 is 1.57 bits per heavy atom. The van der Waals surface area contributed by atoms with E-state index in [0.29, 0.717) is 0 Å². The molecule has 0 saturated carbocycles. The third kappa shape index (κ3) is 2.63. The van der Waals surface area contributed by atoms with Crippen molar-refractivity contribution in [1.29, 1.82) is 0 Å². The Labute approximate surface area is 49.6 Å². The van der Waals surface area contributed by atoms with Gasteiger partial charge in [-0.15, -0.1) is 0 Å². The molecule has 0 amide bonds. The molecule has 44 valence electrons. The quantitative estimate of drug-likeness (QED) is 0.494. The standard InChI is InChI=1S/C6H14O/c1-5(7)6(2,3)4/h5,7H,1-4H3/i1D3. The predicted octanol–water partition coefficient (Wildman–Crippen LogP) is 1.41. The van der Waals surface area contributed by atoms with Gasteiger partial charge in [-0.3, -0.25) is 0 Å². The summed E-state index contributed by atoms with van der Waals surface area (Å²) in [6, 6.07) is 0. The molecule has 0 aromatic rings. The molecule has 0 aliphatic heterocycles. The molecule has 0 aliphatic carbocycles. The molecule has 1 N–H and O–H groups in total. The fourth-order valence-electron chi connectivity index (χ4n) is 0. The lowest BCUT2D eigenvalue weighted by Gasteiger charge is -2.21. The van der Waals surface area contributed by atoms with Crippen LogP contribution in [-0.4, -0.2) is 11.2 Å². The molecule has 0 saturated heterocycles. The van der Waals surface area contributed by atoms with Crippen molar-refractivity contribution in [3.05, 3.63) is 0 Å². The van der Waals surface area contributed by atoms with Crippen molar-refractivity contribution in [2.45, 2.75) is 33.7 Å². The van der Waals surface area contributed by atoms with Crippen molar-refractivity contribution >= 4 is 0 Å². The molecule has 1 heteroatoms. The molecule has 1 unspecified atom stereocenters. The van der Waals surface area contributed by atoms with Gasteiger partial charge in [0.05, 0.1) is 6.10 Å². The van der Waals surface area contributed by atoms with Crippen LogP contribution in [0.2, 0.25) is 0 Å². The molecule has 0 aromatic heterocycles. The van der Waals surface area contributed by atoms with Crippen molar-refractivity contribution in [3.8, 4) is 0 Å². The highest BCUT2D eigenvalue weighted by molar-refractivity contribution is 4.66. The van der Waals surface area contributed by atoms with Crippen molar-refractivity contribution in [1.82, 2.24) is 0 Å². The van der Waals surface area contributed by atoms with Crippen molar-refractivity contribution in [2.24, 2.45) is 5.41 Å². The average Bonchev–Trinajstić information content (AvgIpc) is 1.59. The molecule has 0 heterocycles. The van der Waals surface area contributed by atoms with E-state index in [1.165, 1.54) is 0 Å². The molecule has 1 nitrogen and oxygen atoms in total. The van der Waals surface area contributed by atoms with Gasteiger partial charge in [-0.2, -0.15) is 0 Å². The van der Waals surface area contributed by atoms with Crippen LogP contribution in [0.4, 0.5) is 0 Å². The number of hydrogen-bond donors (Lipinski definition) is 1. The minimum absolute atomic E-state index is 0.564. The minimum Gasteiger partial charge on any atom is -0.393 e. The number of rotatable bonds is 0. The van der Waals surface area contributed by atoms with E-state index >= 15 is 0 Å². The van der Waals surface area contributed by atoms with Gasteiger partial charge in [0.2, 0.25) is 0 Å². The van der Waals surface area contributed by atoms with Crippen LogP contribution in [-0.2, 0) is 0 Å². The largest absolute Gasteiger partial charge is 0.393 e. The van der Waals surface area contributed by atoms with Gasteiger partial charge in [-0.1, -0.05) is 20.8 Å². The summed E-state index contributed by atoms with van der Waals surface area (Å²) in [5.41, 5.74) is -0.564. The summed E-state index contributed by atoms with van der Waals surface area (Å²) in [6.45, 7) is 2.84. The Hall–Kier alpha value is -0.0400. The van der Waals surface area contributed by atoms with Crippen molar-refractivity contribution in [2.75, 3.05) is 0 Å². The maximum absolute atomic E-state index is 9.16. The summed E-state index contributed by atoms with van der Waals surface area (Å²) < 4.78 is 20.6. The monoisotopic (exact) mass is 105 g/mol. The Kier molecular flexibility index (Phi) is 0.803. The molecule has 0 bridgehead atoms. The summed E-state index contributed by atoms with van der Waals surface area (Å²) in [4.78, 5) is 0. The van der Waals surface area contributed by atoms with E-state index < -0.39 is 18.4 Å². The van der Waals surface area contributed by atoms with E-state index in [1.807, 2.05) is 0 Å². The number of aliphatic hydroxyl groups is 1. The lowest BCUT2D eigenvalue weighted by atomic mass is 9.91. The van der Waals surface area contributed by atoms with Crippen molar-refractivity contribution < 1.29 is 9.22 Å². The van der Waals surface area contributed by atoms with E-state index in [0.717, 1.165) is 0 Å². The summed E-state index contributed by atoms with van der Waals surface area (Å²) in [7, 11) is 0. The zero-order valence-corrected chi connectivity index (χ0v) is 5.02. The highest BCUT2D eigenvalue weighted by atomic mass is 16.3. The highest BCUT2D eigenvalue weighted by Crippen LogP contribution is 2.17. The highest BCUT2D eigenvalue weighted by Gasteiger charge is 2.15. The van der Waals surface area contributed by atoms with Crippen LogP contribution in [0.15, 0.2) is 0 Å². The van der Waals surface area contributed by atoms with Gasteiger partial charge in [-0.25, -0.2) is 0 Å². The summed E-state index contributed by atoms with van der Waals surface area (Å²) in [5, 5.41) is 9.16. The summed E-state index contributed by atoms with van der Waals surface area (Å²) in [5.74, 6) is 0. The normalized spacial score (nSPS) is 24.9. The number of aliphatic hydroxyl groups excluding tert-OH is 1. The molecule has 1 atom stereocenters. The molecule has 0 spiro atoms. The van der Waals surface area contributed by atoms with Crippen molar-refractivity contribution in [3.63, 3.8) is 0 Å². The van der Waals surface area contributed by atoms with E-state index in [2.05, 4.69) is 0 Å². The first-order valence-electron chi connectivity index (χ1n) is 3.84. The maximum Gasteiger partial charge on any atom is 0.0560 e. The predicted molar refractivity (Wildman–Crippen MR) is 31.1 cm³/mol. The van der Waals surface area contributed by atoms with Gasteiger partial charge >= 0.3 is 0 Å². The van der Waals surface area contributed by atoms with Crippen LogP contribution >= 0.6 is 0 Å². The fraction of sp³-hybridized carbons (Fsp3) is 1.00. The Morgan fingerprint density at radius 3 is 2.00 bits per heavy atom. The Balaban J connectivity index is 4.23. The third-order valence-corrected chi connectivity index (χ3v) is 0.820. The van der Waals surface area contributed by atoms with Gasteiger partial charge in [0.15, 0.2) is 0 Å². The SMILES string of the molecule is [2H]C([2H])([2H])C(O)C(C)(C)C. The summed E-state index contributed by atoms with van der Waals surface area (Å²) >= 11 is 0. The van der Waals surface area contributed by atoms with E-state index in [1.54, 1.807) is 20.8 Å². The lowest BCUT2D eigenvalue weighted by Crippen LogP contribution is -2.21. The first kappa shape index (κ1) is 3.08. The van der Waals surface area contributed by atoms with Gasteiger partial charge in [0, 0.05) is 4.11 Å². The zero-order chi connectivity index (χ0) is 8.58. The van der Waals surface area contributed by atoms with Gasteiger partial charge in [-0.05, 0) is 12.3 Å². The van der Waals surface area contributed by atoms with Crippen LogP contribution in [0.25, 0.3) is 0 Å². The number of hydrogen-bond acceptors (Lipinski definition) is 1. The maximum atomic E-state index is 9.16. The van der Waals surface area contributed by atoms with E-state index in [9.17, 15) is 0 Å². The second-order valence-electron chi connectivity index (χ2n) is 2.77. The van der Waals surface area contributed by atoms with E-state index in [4.69, 9.17) is 9.22 Å². The molecule has 7 heavy (non-hydrogen) atoms. The molecule has 0 aliphatic rings. The molecule has 0 radical (unpaired) electrons. The Morgan fingerprint density at radius 2 is 2.00 bits per heavy atom. The van der Waals surface area contributed by atoms with Crippen LogP contribution < -0.4 is 0 Å².